The molecule has 0 spiro atoms. The number of hydrogen-bond donors (Lipinski definition) is 5. The highest BCUT2D eigenvalue weighted by molar-refractivity contribution is 7.11. The average Bonchev–Trinajstić information content (AvgIpc) is 1.83. The van der Waals surface area contributed by atoms with Crippen LogP contribution in [-0.2, 0) is 52.7 Å². The van der Waals surface area contributed by atoms with Crippen molar-refractivity contribution in [2.75, 3.05) is 58.4 Å². The number of amides is 2. The van der Waals surface area contributed by atoms with Crippen LogP contribution in [0.25, 0.3) is 0 Å². The molecule has 34 heteroatoms. The summed E-state index contributed by atoms with van der Waals surface area (Å²) in [6.45, 7) is 1.83. The van der Waals surface area contributed by atoms with Crippen molar-refractivity contribution in [3.8, 4) is 74.7 Å². The molecule has 0 saturated carbocycles. The van der Waals surface area contributed by atoms with Crippen molar-refractivity contribution >= 4 is 156 Å². The van der Waals surface area contributed by atoms with E-state index in [-0.39, 0.29) is 45.6 Å². The van der Waals surface area contributed by atoms with Gasteiger partial charge in [-0.25, -0.2) is 33.9 Å². The summed E-state index contributed by atoms with van der Waals surface area (Å²) in [6.07, 6.45) is 8.44. The zero-order valence-corrected chi connectivity index (χ0v) is 81.5. The van der Waals surface area contributed by atoms with Crippen molar-refractivity contribution < 1.29 is 101 Å². The second-order valence-corrected chi connectivity index (χ2v) is 36.3. The lowest BCUT2D eigenvalue weighted by molar-refractivity contribution is 0.0591. The first-order valence-corrected chi connectivity index (χ1v) is 48.4. The first-order valence-electron chi connectivity index (χ1n) is 42.5. The number of aromatic hydroxyl groups is 1. The summed E-state index contributed by atoms with van der Waals surface area (Å²) in [5.74, 6) is 2.21. The zero-order valence-electron chi connectivity index (χ0n) is 74.4. The number of methoxy groups -OCH3 is 3. The van der Waals surface area contributed by atoms with Crippen molar-refractivity contribution in [1.82, 2.24) is 9.97 Å². The topological polar surface area (TPSA) is 332 Å². The Kier molecular flexibility index (Phi) is 40.0. The van der Waals surface area contributed by atoms with E-state index in [2.05, 4.69) is 47.6 Å². The van der Waals surface area contributed by atoms with Crippen LogP contribution < -0.4 is 48.5 Å². The number of hydrogen-bond acceptors (Lipinski definition) is 26. The van der Waals surface area contributed by atoms with E-state index in [1.54, 1.807) is 208 Å². The third-order valence-electron chi connectivity index (χ3n) is 19.2. The fourth-order valence-electron chi connectivity index (χ4n) is 12.6. The number of anilines is 2. The van der Waals surface area contributed by atoms with Gasteiger partial charge in [0, 0.05) is 118 Å². The molecule has 5 N–H and O–H groups in total. The number of aromatic carboxylic acids is 2. The summed E-state index contributed by atoms with van der Waals surface area (Å²) in [6, 6.07) is 78.3. The van der Waals surface area contributed by atoms with Gasteiger partial charge in [-0.15, -0.1) is 56.7 Å². The highest BCUT2D eigenvalue weighted by Gasteiger charge is 2.20. The number of aromatic nitrogens is 2. The number of nitrogens with zero attached hydrogens (tertiary/aromatic N) is 2. The number of carbonyl (C=O) groups is 7. The Labute approximate surface area is 840 Å². The number of phenols is 1. The number of ether oxygens (including phenoxy) is 11. The van der Waals surface area contributed by atoms with Crippen LogP contribution in [0, 0.1) is 0 Å². The highest BCUT2D eigenvalue weighted by atomic mass is 35.5. The molecule has 0 aliphatic rings. The monoisotopic (exact) mass is 2040 g/mol. The lowest BCUT2D eigenvalue weighted by Crippen LogP contribution is -2.14. The van der Waals surface area contributed by atoms with E-state index in [0.29, 0.717) is 132 Å². The van der Waals surface area contributed by atoms with Gasteiger partial charge in [0.25, 0.3) is 11.8 Å². The maximum Gasteiger partial charge on any atom is 0.339 e. The van der Waals surface area contributed by atoms with E-state index in [0.717, 1.165) is 50.5 Å². The van der Waals surface area contributed by atoms with Crippen LogP contribution in [0.15, 0.2) is 312 Å². The molecule has 25 nitrogen and oxygen atoms in total. The smallest absolute Gasteiger partial charge is 0.339 e. The van der Waals surface area contributed by atoms with Gasteiger partial charge in [0.15, 0.2) is 0 Å². The van der Waals surface area contributed by atoms with Crippen LogP contribution in [0.1, 0.15) is 109 Å². The van der Waals surface area contributed by atoms with E-state index >= 15 is 0 Å². The van der Waals surface area contributed by atoms with Gasteiger partial charge in [-0.3, -0.25) is 9.59 Å². The molecule has 7 heterocycles. The standard InChI is InChI=1S/C26H21ClN2O5S.C25H19ClN2O5S.C21H19ClO3S.C19H15ClO4S.C14H14O4S/c1-32-26(31)17-4-9-24(28-16-17)29-25(30)18-13-21(33-11-10-23-3-2-12-35-23)15-22(14-18)34-20-7-5-19(27)6-8-20;26-18-4-6-19(7-5-18)33-21-13-17(12-20(14-21)32-10-9-22-2-1-11-34-22)24(29)28-23-8-3-16(15-27-23)25(30)31;1-24-21(23)16-12-15(4-2-5-20-6-3-11-26-20)13-19(14-16)25-18-9-7-17(22)8-10-18;20-14-3-5-15(6-4-14)24-17-11-13(19(21)22)10-16(12-17)23-8-7-18-2-1-9-25-18;1-17-14(16)10-7-11(15)9-12(8-10)18-5-4-13-3-2-6-19-13/h2-9,12-16H,10-11H2,1H3,(H,28,29,30);1-8,11-15H,9-10H2,(H,30,31)(H,27,28,29);3,6-14H,2,4-5H2,1H3;1-6,9-12H,7-8H2,(H,21,22);2-3,6-9,15H,4-5H2,1H3. The van der Waals surface area contributed by atoms with Gasteiger partial charge >= 0.3 is 29.8 Å². The van der Waals surface area contributed by atoms with Gasteiger partial charge in [-0.2, -0.15) is 0 Å². The molecule has 0 fully saturated rings. The number of phenolic OH excluding ortho intramolecular Hbond substituents is 1. The maximum absolute atomic E-state index is 13.0. The molecule has 712 valence electrons. The number of pyridine rings is 2. The van der Waals surface area contributed by atoms with Gasteiger partial charge in [-0.05, 0) is 270 Å². The van der Waals surface area contributed by atoms with Gasteiger partial charge in [0.05, 0.1) is 75.6 Å². The highest BCUT2D eigenvalue weighted by Crippen LogP contribution is 2.36. The Balaban J connectivity index is 0.000000158. The molecule has 139 heavy (non-hydrogen) atoms. The number of carboxylic acid groups (broad SMARTS) is 2. The van der Waals surface area contributed by atoms with Crippen molar-refractivity contribution in [2.45, 2.75) is 44.9 Å². The largest absolute Gasteiger partial charge is 0.508 e. The van der Waals surface area contributed by atoms with Gasteiger partial charge in [-0.1, -0.05) is 76.7 Å². The Bertz CT molecular complexity index is 6650. The van der Waals surface area contributed by atoms with Gasteiger partial charge < -0.3 is 78.1 Å². The third-order valence-corrected chi connectivity index (χ3v) is 24.9. The second kappa shape index (κ2) is 53.8. The van der Waals surface area contributed by atoms with Crippen LogP contribution in [0.2, 0.25) is 20.1 Å². The number of thiophene rings is 5. The van der Waals surface area contributed by atoms with E-state index in [1.807, 2.05) is 82.2 Å². The zero-order chi connectivity index (χ0) is 98.2. The number of aryl methyl sites for hydroxylation is 2. The number of esters is 3. The summed E-state index contributed by atoms with van der Waals surface area (Å²) < 4.78 is 60.7. The Morgan fingerprint density at radius 2 is 0.590 bits per heavy atom. The molecule has 0 aliphatic heterocycles. The summed E-state index contributed by atoms with van der Waals surface area (Å²) in [4.78, 5) is 97.5. The summed E-state index contributed by atoms with van der Waals surface area (Å²) in [7, 11) is 3.96. The number of nitrogens with one attached hydrogen (secondary N) is 2. The van der Waals surface area contributed by atoms with Crippen molar-refractivity contribution in [3.05, 3.63) is 401 Å². The molecule has 9 aromatic carbocycles. The van der Waals surface area contributed by atoms with Crippen molar-refractivity contribution in [1.29, 1.82) is 0 Å². The SMILES string of the molecule is COC(=O)c1cc(CCCc2cccs2)cc(Oc2ccc(Cl)cc2)c1.COC(=O)c1cc(O)cc(OCCc2cccs2)c1.COC(=O)c1ccc(NC(=O)c2cc(OCCc3cccs3)cc(Oc3ccc(Cl)cc3)c2)nc1.O=C(O)c1cc(OCCc2cccs2)cc(Oc2ccc(Cl)cc2)c1.O=C(O)c1ccc(NC(=O)c2cc(OCCc3cccs3)cc(Oc3ccc(Cl)cc3)c2)nc1. The van der Waals surface area contributed by atoms with Crippen molar-refractivity contribution in [3.63, 3.8) is 0 Å². The van der Waals surface area contributed by atoms with E-state index in [1.165, 1.54) is 107 Å². The minimum atomic E-state index is -1.10. The third kappa shape index (κ3) is 34.9. The first-order chi connectivity index (χ1) is 67.4. The number of rotatable bonds is 37. The molecule has 2 amide bonds. The lowest BCUT2D eigenvalue weighted by atomic mass is 10.0. The minimum Gasteiger partial charge on any atom is -0.508 e. The van der Waals surface area contributed by atoms with E-state index in [9.17, 15) is 43.8 Å². The van der Waals surface area contributed by atoms with Crippen LogP contribution in [0.3, 0.4) is 0 Å². The fraction of sp³-hybridized carbons (Fsp3) is 0.133. The second-order valence-electron chi connectivity index (χ2n) is 29.4. The van der Waals surface area contributed by atoms with Crippen LogP contribution in [-0.4, -0.2) is 115 Å². The van der Waals surface area contributed by atoms with E-state index in [4.69, 9.17) is 94.1 Å². The predicted molar refractivity (Wildman–Crippen MR) is 543 cm³/mol. The number of benzene rings is 9. The summed E-state index contributed by atoms with van der Waals surface area (Å²) in [5, 5.41) is 45.8. The average molecular weight is 2040 g/mol. The van der Waals surface area contributed by atoms with E-state index < -0.39 is 35.7 Å². The normalized spacial score (nSPS) is 10.4. The summed E-state index contributed by atoms with van der Waals surface area (Å²) >= 11 is 32.1. The molecular formula is C105H88Cl4N4O21S5. The first kappa shape index (κ1) is 103. The predicted octanol–water partition coefficient (Wildman–Crippen LogP) is 26.9. The molecule has 7 aromatic heterocycles. The quantitative estimate of drug-likeness (QED) is 0.0178. The number of halogens is 4. The fourth-order valence-corrected chi connectivity index (χ4v) is 16.6. The number of carbonyl (C=O) groups excluding carboxylic acids is 5. The Morgan fingerprint density at radius 3 is 0.921 bits per heavy atom. The molecule has 0 atom stereocenters. The van der Waals surface area contributed by atoms with Gasteiger partial charge in [0.1, 0.15) is 86.4 Å². The molecule has 16 aromatic rings. The molecule has 16 rings (SSSR count). The lowest BCUT2D eigenvalue weighted by Gasteiger charge is -2.12. The molecule has 0 aliphatic carbocycles. The van der Waals surface area contributed by atoms with Crippen LogP contribution in [0.4, 0.5) is 11.6 Å². The minimum absolute atomic E-state index is 0.0194. The maximum atomic E-state index is 13.0. The van der Waals surface area contributed by atoms with Crippen molar-refractivity contribution in [2.24, 2.45) is 0 Å². The Hall–Kier alpha value is -14.6. The van der Waals surface area contributed by atoms with Crippen LogP contribution >= 0.6 is 103 Å². The Morgan fingerprint density at radius 1 is 0.295 bits per heavy atom. The van der Waals surface area contributed by atoms with Crippen LogP contribution in [0.5, 0.6) is 74.7 Å². The molecular weight excluding hydrogens is 1960 g/mol. The molecule has 0 bridgehead atoms. The van der Waals surface area contributed by atoms with Gasteiger partial charge in [0.2, 0.25) is 0 Å². The summed E-state index contributed by atoms with van der Waals surface area (Å²) in [5.41, 5.74) is 2.84. The molecule has 0 radical (unpaired) electrons. The molecule has 0 saturated heterocycles. The molecule has 0 unspecified atom stereocenters. The number of carboxylic acids is 2.